The van der Waals surface area contributed by atoms with E-state index < -0.39 is 6.10 Å². The highest BCUT2D eigenvalue weighted by molar-refractivity contribution is 5.75. The summed E-state index contributed by atoms with van der Waals surface area (Å²) in [6, 6.07) is 0. The van der Waals surface area contributed by atoms with Gasteiger partial charge >= 0.3 is 5.97 Å². The van der Waals surface area contributed by atoms with Gasteiger partial charge in [0, 0.05) is 13.0 Å². The van der Waals surface area contributed by atoms with Gasteiger partial charge in [-0.15, -0.1) is 6.58 Å². The molecule has 2 atom stereocenters. The van der Waals surface area contributed by atoms with Crippen LogP contribution in [0.4, 0.5) is 0 Å². The van der Waals surface area contributed by atoms with E-state index >= 15 is 0 Å². The van der Waals surface area contributed by atoms with Crippen LogP contribution >= 0.6 is 0 Å². The predicted molar refractivity (Wildman–Crippen MR) is 42.2 cm³/mol. The minimum absolute atomic E-state index is 0.0209. The Morgan fingerprint density at radius 2 is 2.09 bits per heavy atom. The number of carbonyl (C=O) groups excluding carboxylic acids is 1. The molecule has 0 aliphatic heterocycles. The molecule has 0 bridgehead atoms. The van der Waals surface area contributed by atoms with Gasteiger partial charge in [-0.3, -0.25) is 0 Å². The van der Waals surface area contributed by atoms with Crippen molar-refractivity contribution in [1.82, 2.24) is 0 Å². The van der Waals surface area contributed by atoms with Crippen LogP contribution in [-0.2, 0) is 14.3 Å². The van der Waals surface area contributed by atoms with E-state index in [9.17, 15) is 4.79 Å². The zero-order chi connectivity index (χ0) is 8.85. The van der Waals surface area contributed by atoms with Crippen LogP contribution in [-0.4, -0.2) is 26.3 Å². The largest absolute Gasteiger partial charge is 0.467 e. The van der Waals surface area contributed by atoms with Crippen LogP contribution in [0.25, 0.3) is 0 Å². The topological polar surface area (TPSA) is 35.5 Å². The van der Waals surface area contributed by atoms with E-state index in [4.69, 9.17) is 4.74 Å². The Kier molecular flexibility index (Phi) is 4.54. The normalized spacial score (nSPS) is 15.2. The molecule has 0 radical (unpaired) electrons. The van der Waals surface area contributed by atoms with Crippen molar-refractivity contribution >= 4 is 5.97 Å². The van der Waals surface area contributed by atoms with Gasteiger partial charge < -0.3 is 9.47 Å². The van der Waals surface area contributed by atoms with Gasteiger partial charge in [0.05, 0.1) is 7.11 Å². The predicted octanol–water partition coefficient (Wildman–Crippen LogP) is 0.996. The first-order valence-corrected chi connectivity index (χ1v) is 3.40. The molecule has 0 fully saturated rings. The second-order valence-corrected chi connectivity index (χ2v) is 2.27. The Morgan fingerprint density at radius 3 is 2.36 bits per heavy atom. The number of ether oxygens (including phenoxy) is 2. The van der Waals surface area contributed by atoms with Crippen LogP contribution in [0, 0.1) is 5.92 Å². The molecule has 0 aromatic carbocycles. The van der Waals surface area contributed by atoms with Crippen molar-refractivity contribution in [3.8, 4) is 0 Å². The Balaban J connectivity index is 4.14. The van der Waals surface area contributed by atoms with Crippen molar-refractivity contribution in [1.29, 1.82) is 0 Å². The maximum Gasteiger partial charge on any atom is 0.335 e. The molecule has 0 aliphatic carbocycles. The highest BCUT2D eigenvalue weighted by Crippen LogP contribution is 2.08. The second kappa shape index (κ2) is 4.91. The summed E-state index contributed by atoms with van der Waals surface area (Å²) in [5, 5.41) is 0. The molecular formula is C8H14O3. The first-order valence-electron chi connectivity index (χ1n) is 3.40. The molecule has 3 heteroatoms. The zero-order valence-electron chi connectivity index (χ0n) is 7.16. The second-order valence-electron chi connectivity index (χ2n) is 2.27. The van der Waals surface area contributed by atoms with Crippen LogP contribution in [0.2, 0.25) is 0 Å². The highest BCUT2D eigenvalue weighted by Gasteiger charge is 2.22. The van der Waals surface area contributed by atoms with Gasteiger partial charge in [0.2, 0.25) is 0 Å². The van der Waals surface area contributed by atoms with E-state index in [0.29, 0.717) is 0 Å². The van der Waals surface area contributed by atoms with Crippen molar-refractivity contribution in [2.24, 2.45) is 5.92 Å². The first-order chi connectivity index (χ1) is 5.17. The van der Waals surface area contributed by atoms with Crippen molar-refractivity contribution in [3.05, 3.63) is 12.7 Å². The third-order valence-corrected chi connectivity index (χ3v) is 1.54. The summed E-state index contributed by atoms with van der Waals surface area (Å²) >= 11 is 0. The van der Waals surface area contributed by atoms with E-state index in [1.807, 2.05) is 6.92 Å². The van der Waals surface area contributed by atoms with Gasteiger partial charge in [-0.25, -0.2) is 4.79 Å². The van der Waals surface area contributed by atoms with Crippen molar-refractivity contribution in [3.63, 3.8) is 0 Å². The molecule has 0 spiro atoms. The molecule has 11 heavy (non-hydrogen) atoms. The fourth-order valence-electron chi connectivity index (χ4n) is 0.765. The molecule has 0 saturated carbocycles. The van der Waals surface area contributed by atoms with E-state index in [1.165, 1.54) is 14.2 Å². The minimum atomic E-state index is -0.530. The smallest absolute Gasteiger partial charge is 0.335 e. The van der Waals surface area contributed by atoms with Crippen LogP contribution < -0.4 is 0 Å². The zero-order valence-corrected chi connectivity index (χ0v) is 7.16. The average Bonchev–Trinajstić information content (AvgIpc) is 2.05. The Hall–Kier alpha value is -0.830. The summed E-state index contributed by atoms with van der Waals surface area (Å²) in [4.78, 5) is 10.9. The third-order valence-electron chi connectivity index (χ3n) is 1.54. The summed E-state index contributed by atoms with van der Waals surface area (Å²) in [5.74, 6) is -0.382. The van der Waals surface area contributed by atoms with E-state index in [2.05, 4.69) is 11.3 Å². The number of esters is 1. The summed E-state index contributed by atoms with van der Waals surface area (Å²) < 4.78 is 9.42. The first kappa shape index (κ1) is 10.2. The van der Waals surface area contributed by atoms with Crippen LogP contribution in [0.3, 0.4) is 0 Å². The van der Waals surface area contributed by atoms with Crippen LogP contribution in [0.5, 0.6) is 0 Å². The minimum Gasteiger partial charge on any atom is -0.467 e. The van der Waals surface area contributed by atoms with Gasteiger partial charge in [-0.05, 0) is 0 Å². The summed E-state index contributed by atoms with van der Waals surface area (Å²) in [7, 11) is 2.81. The Bertz CT molecular complexity index is 142. The average molecular weight is 158 g/mol. The molecule has 3 nitrogen and oxygen atoms in total. The maximum absolute atomic E-state index is 10.9. The van der Waals surface area contributed by atoms with Gasteiger partial charge in [0.25, 0.3) is 0 Å². The van der Waals surface area contributed by atoms with E-state index in [-0.39, 0.29) is 11.9 Å². The molecule has 0 rings (SSSR count). The summed E-state index contributed by atoms with van der Waals surface area (Å²) in [6.07, 6.45) is 1.13. The third kappa shape index (κ3) is 2.72. The van der Waals surface area contributed by atoms with Crippen LogP contribution in [0.1, 0.15) is 6.92 Å². The fourth-order valence-corrected chi connectivity index (χ4v) is 0.765. The molecule has 0 aliphatic rings. The lowest BCUT2D eigenvalue weighted by Gasteiger charge is -2.16. The van der Waals surface area contributed by atoms with Gasteiger partial charge in [-0.1, -0.05) is 13.0 Å². The molecule has 0 unspecified atom stereocenters. The number of rotatable bonds is 4. The number of hydrogen-bond donors (Lipinski definition) is 0. The lowest BCUT2D eigenvalue weighted by atomic mass is 10.1. The Morgan fingerprint density at radius 1 is 1.55 bits per heavy atom. The monoisotopic (exact) mass is 158 g/mol. The molecule has 0 heterocycles. The molecule has 0 saturated heterocycles. The van der Waals surface area contributed by atoms with Gasteiger partial charge in [-0.2, -0.15) is 0 Å². The summed E-state index contributed by atoms with van der Waals surface area (Å²) in [6.45, 7) is 5.40. The van der Waals surface area contributed by atoms with E-state index in [1.54, 1.807) is 6.08 Å². The number of carbonyl (C=O) groups is 1. The molecule has 0 N–H and O–H groups in total. The van der Waals surface area contributed by atoms with Crippen molar-refractivity contribution in [2.45, 2.75) is 13.0 Å². The molecular weight excluding hydrogens is 144 g/mol. The lowest BCUT2D eigenvalue weighted by Crippen LogP contribution is -2.29. The highest BCUT2D eigenvalue weighted by atomic mass is 16.6. The number of hydrogen-bond acceptors (Lipinski definition) is 3. The molecule has 64 valence electrons. The molecule has 0 aromatic rings. The summed E-state index contributed by atoms with van der Waals surface area (Å²) in [5.41, 5.74) is 0. The molecule has 0 aromatic heterocycles. The SMILES string of the molecule is C=C[C@H](C)[C@@H](OC)C(=O)OC. The van der Waals surface area contributed by atoms with Crippen molar-refractivity contribution in [2.75, 3.05) is 14.2 Å². The Labute approximate surface area is 67.0 Å². The van der Waals surface area contributed by atoms with E-state index in [0.717, 1.165) is 0 Å². The van der Waals surface area contributed by atoms with Crippen molar-refractivity contribution < 1.29 is 14.3 Å². The molecule has 0 amide bonds. The number of methoxy groups -OCH3 is 2. The van der Waals surface area contributed by atoms with Crippen LogP contribution in [0.15, 0.2) is 12.7 Å². The van der Waals surface area contributed by atoms with Gasteiger partial charge in [0.1, 0.15) is 0 Å². The van der Waals surface area contributed by atoms with Gasteiger partial charge in [0.15, 0.2) is 6.10 Å². The quantitative estimate of drug-likeness (QED) is 0.452. The fraction of sp³-hybridized carbons (Fsp3) is 0.625. The standard InChI is InChI=1S/C8H14O3/c1-5-6(2)7(10-3)8(9)11-4/h5-7H,1H2,2-4H3/t6-,7+/m0/s1. The lowest BCUT2D eigenvalue weighted by molar-refractivity contribution is -0.154. The maximum atomic E-state index is 10.9.